The summed E-state index contributed by atoms with van der Waals surface area (Å²) in [7, 11) is 0. The lowest BCUT2D eigenvalue weighted by Crippen LogP contribution is -2.12. The number of aromatic nitrogens is 6. The number of anilines is 3. The first-order chi connectivity index (χ1) is 27.7. The van der Waals surface area contributed by atoms with Gasteiger partial charge in [0.25, 0.3) is 0 Å². The van der Waals surface area contributed by atoms with Crippen LogP contribution >= 0.6 is 35.2 Å². The molecule has 0 saturated heterocycles. The van der Waals surface area contributed by atoms with Crippen LogP contribution in [-0.2, 0) is 0 Å². The first-order valence-corrected chi connectivity index (χ1v) is 20.3. The van der Waals surface area contributed by atoms with E-state index in [1.54, 1.807) is 0 Å². The van der Waals surface area contributed by atoms with E-state index < -0.39 is 0 Å². The van der Waals surface area contributed by atoms with Crippen molar-refractivity contribution in [1.29, 1.82) is 0 Å². The second-order valence-corrected chi connectivity index (χ2v) is 15.5. The van der Waals surface area contributed by atoms with Crippen LogP contribution in [0.4, 0.5) is 17.1 Å². The maximum absolute atomic E-state index is 4.95. The molecule has 0 atom stereocenters. The lowest BCUT2D eigenvalue weighted by molar-refractivity contribution is 1.31. The van der Waals surface area contributed by atoms with Gasteiger partial charge in [0.2, 0.25) is 0 Å². The summed E-state index contributed by atoms with van der Waals surface area (Å²) in [4.78, 5) is 2.21. The molecular weight excluding hydrogens is 747 g/mol. The fourth-order valence-corrected chi connectivity index (χ4v) is 9.79. The number of hydrogen-bond donors (Lipinski definition) is 0. The molecule has 0 spiro atoms. The summed E-state index contributed by atoms with van der Waals surface area (Å²) in [6.07, 6.45) is 0. The molecule has 262 valence electrons. The summed E-state index contributed by atoms with van der Waals surface area (Å²) in [6.45, 7) is 0. The van der Waals surface area contributed by atoms with Crippen molar-refractivity contribution in [2.75, 3.05) is 4.90 Å². The Kier molecular flexibility index (Phi) is 7.00. The maximum atomic E-state index is 4.95. The van der Waals surface area contributed by atoms with Gasteiger partial charge in [-0.15, -0.1) is 0 Å². The van der Waals surface area contributed by atoms with Crippen molar-refractivity contribution >= 4 is 128 Å². The minimum Gasteiger partial charge on any atom is -0.304 e. The fraction of sp³-hybridized carbons (Fsp3) is 0. The smallest absolute Gasteiger partial charge is 0.129 e. The summed E-state index contributed by atoms with van der Waals surface area (Å²) >= 11 is 3.65. The number of fused-ring (bicyclic) bond motifs is 7. The maximum Gasteiger partial charge on any atom is 0.129 e. The van der Waals surface area contributed by atoms with Gasteiger partial charge in [-0.05, 0) is 127 Å². The Labute approximate surface area is 331 Å². The highest BCUT2D eigenvalue weighted by molar-refractivity contribution is 7.00. The second kappa shape index (κ2) is 12.4. The summed E-state index contributed by atoms with van der Waals surface area (Å²) in [5.74, 6) is 0. The van der Waals surface area contributed by atoms with E-state index in [1.165, 1.54) is 78.3 Å². The van der Waals surface area contributed by atoms with Crippen molar-refractivity contribution in [1.82, 2.24) is 26.2 Å². The first kappa shape index (κ1) is 31.6. The van der Waals surface area contributed by atoms with Crippen LogP contribution in [0, 0.1) is 0 Å². The van der Waals surface area contributed by atoms with Crippen molar-refractivity contribution in [2.24, 2.45) is 0 Å². The molecule has 9 aromatic carbocycles. The highest BCUT2D eigenvalue weighted by Gasteiger charge is 2.26. The van der Waals surface area contributed by atoms with Gasteiger partial charge < -0.3 is 4.90 Å². The van der Waals surface area contributed by atoms with Gasteiger partial charge >= 0.3 is 0 Å². The summed E-state index contributed by atoms with van der Waals surface area (Å²) in [5.41, 5.74) is 11.8. The van der Waals surface area contributed by atoms with Gasteiger partial charge in [-0.25, -0.2) is 0 Å². The van der Waals surface area contributed by atoms with Gasteiger partial charge in [-0.2, -0.15) is 26.2 Å². The van der Waals surface area contributed by atoms with E-state index in [2.05, 4.69) is 149 Å². The zero-order chi connectivity index (χ0) is 36.7. The molecule has 0 aliphatic rings. The Morgan fingerprint density at radius 1 is 0.304 bits per heavy atom. The molecule has 0 N–H and O–H groups in total. The molecular formula is C46H25N7S3. The van der Waals surface area contributed by atoms with Crippen LogP contribution in [0.1, 0.15) is 0 Å². The van der Waals surface area contributed by atoms with Crippen LogP contribution in [0.25, 0.3) is 98.4 Å². The largest absolute Gasteiger partial charge is 0.304 e. The first-order valence-electron chi connectivity index (χ1n) is 18.1. The van der Waals surface area contributed by atoms with Crippen molar-refractivity contribution in [3.8, 4) is 22.3 Å². The molecule has 0 aliphatic heterocycles. The molecule has 56 heavy (non-hydrogen) atoms. The average molecular weight is 772 g/mol. The molecule has 3 aromatic heterocycles. The van der Waals surface area contributed by atoms with E-state index in [-0.39, 0.29) is 0 Å². The van der Waals surface area contributed by atoms with Gasteiger partial charge in [0.15, 0.2) is 0 Å². The van der Waals surface area contributed by atoms with Crippen LogP contribution in [0.5, 0.6) is 0 Å². The third kappa shape index (κ3) is 4.93. The molecule has 0 bridgehead atoms. The molecule has 10 heteroatoms. The van der Waals surface area contributed by atoms with Crippen molar-refractivity contribution in [2.45, 2.75) is 0 Å². The Hall–Kier alpha value is -6.72. The molecule has 0 fully saturated rings. The average Bonchev–Trinajstić information content (AvgIpc) is 4.04. The Morgan fingerprint density at radius 3 is 1.27 bits per heavy atom. The SMILES string of the molecule is c1ccc2cc3cc(-c4ccc(N(c5cccc6nsnc56)c5ccc(-c6ccc7cc8ccccc8cc7c6)c6nsnc56)c5nsnc45)ccc3cc2c1. The number of rotatable bonds is 5. The highest BCUT2D eigenvalue weighted by Crippen LogP contribution is 2.46. The van der Waals surface area contributed by atoms with Crippen LogP contribution in [-0.4, -0.2) is 26.2 Å². The quantitative estimate of drug-likeness (QED) is 0.161. The van der Waals surface area contributed by atoms with Crippen LogP contribution in [0.2, 0.25) is 0 Å². The molecule has 0 radical (unpaired) electrons. The summed E-state index contributed by atoms with van der Waals surface area (Å²) < 4.78 is 29.1. The van der Waals surface area contributed by atoms with Crippen LogP contribution in [0.3, 0.4) is 0 Å². The molecule has 3 heterocycles. The van der Waals surface area contributed by atoms with Crippen molar-refractivity contribution in [3.05, 3.63) is 152 Å². The van der Waals surface area contributed by atoms with Gasteiger partial charge in [-0.1, -0.05) is 78.9 Å². The molecule has 0 unspecified atom stereocenters. The highest BCUT2D eigenvalue weighted by atomic mass is 32.1. The zero-order valence-corrected chi connectivity index (χ0v) is 31.7. The Bertz CT molecular complexity index is 3340. The Morgan fingerprint density at radius 2 is 0.732 bits per heavy atom. The minimum atomic E-state index is 0.800. The third-order valence-electron chi connectivity index (χ3n) is 10.8. The topological polar surface area (TPSA) is 80.6 Å². The van der Waals surface area contributed by atoms with Gasteiger partial charge in [0.05, 0.1) is 52.2 Å². The Balaban J connectivity index is 1.04. The van der Waals surface area contributed by atoms with Crippen LogP contribution in [0.15, 0.2) is 152 Å². The number of benzene rings is 9. The molecule has 12 rings (SSSR count). The lowest BCUT2D eigenvalue weighted by atomic mass is 9.96. The van der Waals surface area contributed by atoms with Crippen LogP contribution < -0.4 is 4.90 Å². The predicted molar refractivity (Wildman–Crippen MR) is 235 cm³/mol. The molecule has 12 aromatic rings. The second-order valence-electron chi connectivity index (χ2n) is 14.0. The lowest BCUT2D eigenvalue weighted by Gasteiger charge is -2.26. The normalized spacial score (nSPS) is 11.9. The van der Waals surface area contributed by atoms with E-state index in [4.69, 9.17) is 21.9 Å². The van der Waals surface area contributed by atoms with Gasteiger partial charge in [0, 0.05) is 11.1 Å². The standard InChI is InChI=1S/C46H25N7S3/c1-3-8-28-22-34-24-32(14-12-30(34)20-26(28)6-1)36-16-18-40(45-42(36)48-55-51-45)53(39-11-5-10-38-44(39)50-54-47-38)41-19-17-37(43-46(41)52-56-49-43)33-15-13-31-21-27-7-2-4-9-29(27)23-35(31)25-33/h1-25H. The molecule has 0 amide bonds. The predicted octanol–water partition coefficient (Wildman–Crippen LogP) is 13.1. The van der Waals surface area contributed by atoms with Crippen molar-refractivity contribution in [3.63, 3.8) is 0 Å². The van der Waals surface area contributed by atoms with E-state index in [0.717, 1.165) is 72.4 Å². The van der Waals surface area contributed by atoms with E-state index >= 15 is 0 Å². The monoisotopic (exact) mass is 771 g/mol. The fourth-order valence-electron chi connectivity index (χ4n) is 8.11. The van der Waals surface area contributed by atoms with Crippen molar-refractivity contribution < 1.29 is 0 Å². The van der Waals surface area contributed by atoms with Gasteiger partial charge in [0.1, 0.15) is 33.1 Å². The minimum absolute atomic E-state index is 0.800. The zero-order valence-electron chi connectivity index (χ0n) is 29.3. The van der Waals surface area contributed by atoms with E-state index in [1.807, 2.05) is 12.1 Å². The van der Waals surface area contributed by atoms with E-state index in [9.17, 15) is 0 Å². The molecule has 0 aliphatic carbocycles. The van der Waals surface area contributed by atoms with E-state index in [0.29, 0.717) is 0 Å². The van der Waals surface area contributed by atoms with Gasteiger partial charge in [-0.3, -0.25) is 0 Å². The summed E-state index contributed by atoms with van der Waals surface area (Å²) in [6, 6.07) is 54.0. The molecule has 7 nitrogen and oxygen atoms in total. The number of nitrogens with zero attached hydrogens (tertiary/aromatic N) is 7. The third-order valence-corrected chi connectivity index (χ3v) is 12.4. The number of hydrogen-bond acceptors (Lipinski definition) is 10. The molecule has 0 saturated carbocycles. The summed E-state index contributed by atoms with van der Waals surface area (Å²) in [5, 5.41) is 9.68.